The van der Waals surface area contributed by atoms with Gasteiger partial charge in [-0.15, -0.1) is 0 Å². The highest BCUT2D eigenvalue weighted by Gasteiger charge is 2.28. The molecule has 1 amide bonds. The third-order valence-electron chi connectivity index (χ3n) is 9.73. The summed E-state index contributed by atoms with van der Waals surface area (Å²) in [6.45, 7) is 4.02. The second-order valence-electron chi connectivity index (χ2n) is 14.3. The Labute approximate surface area is 292 Å². The van der Waals surface area contributed by atoms with Gasteiger partial charge in [0.05, 0.1) is 18.8 Å². The molecule has 0 aliphatic carbocycles. The first-order valence-electron chi connectivity index (χ1n) is 20.6. The van der Waals surface area contributed by atoms with Crippen LogP contribution in [0, 0.1) is 0 Å². The first-order valence-corrected chi connectivity index (χ1v) is 20.6. The molecule has 0 saturated carbocycles. The molecular weight excluding hydrogens is 586 g/mol. The Morgan fingerprint density at radius 1 is 0.511 bits per heavy atom. The molecular formula is C41H81NO5. The molecule has 280 valence electrons. The quantitative estimate of drug-likeness (QED) is 0.0335. The molecule has 0 aliphatic heterocycles. The van der Waals surface area contributed by atoms with Gasteiger partial charge in [-0.1, -0.05) is 187 Å². The molecule has 6 nitrogen and oxygen atoms in total. The topological polar surface area (TPSA) is 110 Å². The lowest BCUT2D eigenvalue weighted by Crippen LogP contribution is -2.53. The second kappa shape index (κ2) is 36.3. The van der Waals surface area contributed by atoms with Crippen molar-refractivity contribution in [3.8, 4) is 0 Å². The summed E-state index contributed by atoms with van der Waals surface area (Å²) < 4.78 is 0. The fourth-order valence-electron chi connectivity index (χ4n) is 6.40. The minimum absolute atomic E-state index is 0.368. The van der Waals surface area contributed by atoms with E-state index in [9.17, 15) is 25.2 Å². The van der Waals surface area contributed by atoms with Gasteiger partial charge in [0.25, 0.3) is 0 Å². The molecule has 0 spiro atoms. The zero-order chi connectivity index (χ0) is 34.6. The smallest absolute Gasteiger partial charge is 0.249 e. The molecule has 0 aromatic heterocycles. The predicted octanol–water partition coefficient (Wildman–Crippen LogP) is 10.2. The van der Waals surface area contributed by atoms with Gasteiger partial charge < -0.3 is 25.7 Å². The number of hydrogen-bond donors (Lipinski definition) is 5. The van der Waals surface area contributed by atoms with Crippen LogP contribution in [0.4, 0.5) is 0 Å². The van der Waals surface area contributed by atoms with E-state index >= 15 is 0 Å². The summed E-state index contributed by atoms with van der Waals surface area (Å²) in [7, 11) is 0. The molecule has 47 heavy (non-hydrogen) atoms. The summed E-state index contributed by atoms with van der Waals surface area (Å²) in [5.74, 6) is -0.592. The van der Waals surface area contributed by atoms with Crippen molar-refractivity contribution in [2.24, 2.45) is 0 Å². The summed E-state index contributed by atoms with van der Waals surface area (Å²) in [6.07, 6.45) is 38.2. The zero-order valence-electron chi connectivity index (χ0n) is 31.3. The normalized spacial score (nSPS) is 14.4. The zero-order valence-corrected chi connectivity index (χ0v) is 31.3. The lowest BCUT2D eigenvalue weighted by atomic mass is 10.00. The van der Waals surface area contributed by atoms with E-state index in [4.69, 9.17) is 0 Å². The first-order chi connectivity index (χ1) is 23.0. The summed E-state index contributed by atoms with van der Waals surface area (Å²) >= 11 is 0. The average molecular weight is 668 g/mol. The Morgan fingerprint density at radius 3 is 1.28 bits per heavy atom. The van der Waals surface area contributed by atoms with Crippen molar-refractivity contribution >= 4 is 5.91 Å². The van der Waals surface area contributed by atoms with Crippen LogP contribution in [-0.4, -0.2) is 57.3 Å². The number of carbonyl (C=O) groups is 1. The monoisotopic (exact) mass is 668 g/mol. The SMILES string of the molecule is CCCCCCCC/C=C/CCCC(O)C(O)C(CO)NC(=O)C(O)CCCCCCCCCCCCCCCCCCCCCC. The Kier molecular flexibility index (Phi) is 35.6. The third kappa shape index (κ3) is 30.8. The minimum atomic E-state index is -1.28. The standard InChI is InChI=1S/C41H81NO5/c1-3-5-7-9-11-13-15-16-17-18-19-20-21-22-23-25-27-29-31-33-35-39(45)41(47)42-37(36-43)40(46)38(44)34-32-30-28-26-24-14-12-10-8-6-4-2/h26,28,37-40,43-46H,3-25,27,29-36H2,1-2H3,(H,42,47)/b28-26+. The summed E-state index contributed by atoms with van der Waals surface area (Å²) in [4.78, 5) is 12.5. The van der Waals surface area contributed by atoms with Crippen LogP contribution < -0.4 is 5.32 Å². The largest absolute Gasteiger partial charge is 0.394 e. The number of amides is 1. The van der Waals surface area contributed by atoms with Crippen LogP contribution in [0.15, 0.2) is 12.2 Å². The average Bonchev–Trinajstić information content (AvgIpc) is 3.07. The van der Waals surface area contributed by atoms with E-state index in [2.05, 4.69) is 31.3 Å². The van der Waals surface area contributed by atoms with Crippen molar-refractivity contribution in [2.75, 3.05) is 6.61 Å². The maximum absolute atomic E-state index is 12.5. The number of nitrogens with one attached hydrogen (secondary N) is 1. The molecule has 0 aromatic rings. The molecule has 4 unspecified atom stereocenters. The summed E-state index contributed by atoms with van der Waals surface area (Å²) in [5.41, 5.74) is 0. The molecule has 0 rings (SSSR count). The van der Waals surface area contributed by atoms with Crippen LogP contribution in [0.25, 0.3) is 0 Å². The van der Waals surface area contributed by atoms with Gasteiger partial charge in [-0.25, -0.2) is 0 Å². The lowest BCUT2D eigenvalue weighted by molar-refractivity contribution is -0.132. The van der Waals surface area contributed by atoms with Crippen LogP contribution in [0.5, 0.6) is 0 Å². The van der Waals surface area contributed by atoms with E-state index < -0.39 is 36.9 Å². The minimum Gasteiger partial charge on any atom is -0.394 e. The van der Waals surface area contributed by atoms with Crippen molar-refractivity contribution in [3.63, 3.8) is 0 Å². The Bertz CT molecular complexity index is 672. The predicted molar refractivity (Wildman–Crippen MR) is 201 cm³/mol. The number of hydrogen-bond acceptors (Lipinski definition) is 5. The van der Waals surface area contributed by atoms with Gasteiger partial charge in [0.1, 0.15) is 12.2 Å². The van der Waals surface area contributed by atoms with E-state index in [0.717, 1.165) is 38.5 Å². The second-order valence-corrected chi connectivity index (χ2v) is 14.3. The van der Waals surface area contributed by atoms with Gasteiger partial charge >= 0.3 is 0 Å². The van der Waals surface area contributed by atoms with E-state index in [0.29, 0.717) is 12.8 Å². The highest BCUT2D eigenvalue weighted by Crippen LogP contribution is 2.16. The molecule has 0 radical (unpaired) electrons. The molecule has 0 aliphatic rings. The van der Waals surface area contributed by atoms with Gasteiger partial charge in [-0.3, -0.25) is 4.79 Å². The van der Waals surface area contributed by atoms with Gasteiger partial charge in [-0.05, 0) is 38.5 Å². The number of aliphatic hydroxyl groups is 4. The lowest BCUT2D eigenvalue weighted by Gasteiger charge is -2.27. The molecule has 6 heteroatoms. The van der Waals surface area contributed by atoms with Crippen LogP contribution in [-0.2, 0) is 4.79 Å². The fourth-order valence-corrected chi connectivity index (χ4v) is 6.40. The highest BCUT2D eigenvalue weighted by molar-refractivity contribution is 5.80. The van der Waals surface area contributed by atoms with Crippen LogP contribution in [0.3, 0.4) is 0 Å². The Hall–Kier alpha value is -0.950. The number of unbranched alkanes of at least 4 members (excludes halogenated alkanes) is 26. The molecule has 0 bridgehead atoms. The number of aliphatic hydroxyl groups excluding tert-OH is 4. The number of allylic oxidation sites excluding steroid dienone is 2. The molecule has 0 heterocycles. The Morgan fingerprint density at radius 2 is 0.872 bits per heavy atom. The van der Waals surface area contributed by atoms with E-state index in [1.54, 1.807) is 0 Å². The molecule has 0 saturated heterocycles. The van der Waals surface area contributed by atoms with E-state index in [-0.39, 0.29) is 0 Å². The Balaban J connectivity index is 3.72. The molecule has 4 atom stereocenters. The van der Waals surface area contributed by atoms with E-state index in [1.807, 2.05) is 0 Å². The fraction of sp³-hybridized carbons (Fsp3) is 0.927. The maximum Gasteiger partial charge on any atom is 0.249 e. The van der Waals surface area contributed by atoms with Gasteiger partial charge in [-0.2, -0.15) is 0 Å². The molecule has 0 fully saturated rings. The highest BCUT2D eigenvalue weighted by atomic mass is 16.3. The van der Waals surface area contributed by atoms with Crippen molar-refractivity contribution in [2.45, 2.75) is 237 Å². The van der Waals surface area contributed by atoms with Crippen LogP contribution >= 0.6 is 0 Å². The van der Waals surface area contributed by atoms with Gasteiger partial charge in [0.2, 0.25) is 5.91 Å². The van der Waals surface area contributed by atoms with Crippen molar-refractivity contribution in [3.05, 3.63) is 12.2 Å². The van der Waals surface area contributed by atoms with Gasteiger partial charge in [0.15, 0.2) is 0 Å². The summed E-state index contributed by atoms with van der Waals surface area (Å²) in [6, 6.07) is -0.995. The molecule has 5 N–H and O–H groups in total. The first kappa shape index (κ1) is 46.0. The van der Waals surface area contributed by atoms with Crippen LogP contribution in [0.1, 0.15) is 213 Å². The number of carbonyl (C=O) groups excluding carboxylic acids is 1. The number of rotatable bonds is 37. The molecule has 0 aromatic carbocycles. The van der Waals surface area contributed by atoms with Crippen molar-refractivity contribution < 1.29 is 25.2 Å². The van der Waals surface area contributed by atoms with E-state index in [1.165, 1.54) is 148 Å². The van der Waals surface area contributed by atoms with Crippen molar-refractivity contribution in [1.82, 2.24) is 5.32 Å². The maximum atomic E-state index is 12.5. The van der Waals surface area contributed by atoms with Crippen molar-refractivity contribution in [1.29, 1.82) is 0 Å². The van der Waals surface area contributed by atoms with Crippen LogP contribution in [0.2, 0.25) is 0 Å². The third-order valence-corrected chi connectivity index (χ3v) is 9.73. The van der Waals surface area contributed by atoms with Gasteiger partial charge in [0, 0.05) is 0 Å². The summed E-state index contributed by atoms with van der Waals surface area (Å²) in [5, 5.41) is 43.4.